The molecule has 1 amide bonds. The van der Waals surface area contributed by atoms with Crippen molar-refractivity contribution in [2.45, 2.75) is 26.7 Å². The van der Waals surface area contributed by atoms with E-state index in [1.807, 2.05) is 6.92 Å². The quantitative estimate of drug-likeness (QED) is 0.710. The molecule has 0 radical (unpaired) electrons. The van der Waals surface area contributed by atoms with Gasteiger partial charge in [-0.3, -0.25) is 4.79 Å². The maximum absolute atomic E-state index is 12.5. The van der Waals surface area contributed by atoms with Crippen LogP contribution in [-0.2, 0) is 22.4 Å². The van der Waals surface area contributed by atoms with Crippen molar-refractivity contribution in [1.82, 2.24) is 0 Å². The van der Waals surface area contributed by atoms with Crippen molar-refractivity contribution in [2.75, 3.05) is 26.1 Å². The molecule has 0 unspecified atom stereocenters. The summed E-state index contributed by atoms with van der Waals surface area (Å²) in [6.07, 6.45) is 0.897. The second-order valence-corrected chi connectivity index (χ2v) is 6.57. The van der Waals surface area contributed by atoms with Gasteiger partial charge < -0.3 is 19.5 Å². The molecule has 1 N–H and O–H groups in total. The van der Waals surface area contributed by atoms with Gasteiger partial charge in [-0.2, -0.15) is 0 Å². The summed E-state index contributed by atoms with van der Waals surface area (Å²) in [5, 5.41) is 3.34. The maximum Gasteiger partial charge on any atom is 0.341 e. The van der Waals surface area contributed by atoms with E-state index in [1.54, 1.807) is 45.4 Å². The van der Waals surface area contributed by atoms with E-state index < -0.39 is 5.97 Å². The number of carbonyl (C=O) groups excluding carboxylic acids is 2. The summed E-state index contributed by atoms with van der Waals surface area (Å²) < 4.78 is 15.6. The van der Waals surface area contributed by atoms with Gasteiger partial charge in [0.2, 0.25) is 5.91 Å². The number of anilines is 1. The van der Waals surface area contributed by atoms with Gasteiger partial charge >= 0.3 is 5.97 Å². The summed E-state index contributed by atoms with van der Waals surface area (Å²) in [6.45, 7) is 4.03. The van der Waals surface area contributed by atoms with E-state index in [4.69, 9.17) is 14.2 Å². The molecule has 2 aromatic rings. The number of nitrogens with one attached hydrogen (secondary N) is 1. The number of amides is 1. The third-order valence-corrected chi connectivity index (χ3v) is 4.92. The van der Waals surface area contributed by atoms with Crippen LogP contribution in [0.1, 0.15) is 34.6 Å². The highest BCUT2D eigenvalue weighted by atomic mass is 32.1. The molecule has 0 aliphatic carbocycles. The van der Waals surface area contributed by atoms with E-state index in [2.05, 4.69) is 5.32 Å². The summed E-state index contributed by atoms with van der Waals surface area (Å²) in [5.41, 5.74) is 1.12. The lowest BCUT2D eigenvalue weighted by Gasteiger charge is -2.11. The van der Waals surface area contributed by atoms with E-state index in [0.29, 0.717) is 22.1 Å². The number of methoxy groups -OCH3 is 2. The molecule has 140 valence electrons. The van der Waals surface area contributed by atoms with Crippen LogP contribution in [0.4, 0.5) is 5.00 Å². The van der Waals surface area contributed by atoms with E-state index in [0.717, 1.165) is 16.9 Å². The standard InChI is InChI=1S/C19H23NO5S/c1-5-14-11-15(19(22)25-6-2)18(26-14)20-17(21)9-12-7-8-13(23-3)10-16(12)24-4/h7-8,10-11H,5-6,9H2,1-4H3,(H,20,21). The predicted molar refractivity (Wildman–Crippen MR) is 102 cm³/mol. The smallest absolute Gasteiger partial charge is 0.341 e. The first-order chi connectivity index (χ1) is 12.5. The Bertz CT molecular complexity index is 784. The van der Waals surface area contributed by atoms with Crippen LogP contribution in [0.25, 0.3) is 0 Å². The number of benzene rings is 1. The van der Waals surface area contributed by atoms with Gasteiger partial charge in [0.25, 0.3) is 0 Å². The van der Waals surface area contributed by atoms with Crippen LogP contribution >= 0.6 is 11.3 Å². The fourth-order valence-corrected chi connectivity index (χ4v) is 3.41. The number of ether oxygens (including phenoxy) is 3. The van der Waals surface area contributed by atoms with Gasteiger partial charge in [-0.25, -0.2) is 4.79 Å². The minimum Gasteiger partial charge on any atom is -0.497 e. The molecular weight excluding hydrogens is 354 g/mol. The summed E-state index contributed by atoms with van der Waals surface area (Å²) in [7, 11) is 3.11. The van der Waals surface area contributed by atoms with Crippen molar-refractivity contribution in [2.24, 2.45) is 0 Å². The van der Waals surface area contributed by atoms with Crippen LogP contribution in [0.3, 0.4) is 0 Å². The fourth-order valence-electron chi connectivity index (χ4n) is 2.41. The minimum atomic E-state index is -0.430. The Morgan fingerprint density at radius 3 is 2.50 bits per heavy atom. The van der Waals surface area contributed by atoms with Crippen LogP contribution in [-0.4, -0.2) is 32.7 Å². The number of esters is 1. The lowest BCUT2D eigenvalue weighted by atomic mass is 10.1. The molecule has 0 bridgehead atoms. The van der Waals surface area contributed by atoms with Crippen LogP contribution in [0.15, 0.2) is 24.3 Å². The molecule has 7 heteroatoms. The fraction of sp³-hybridized carbons (Fsp3) is 0.368. The molecule has 1 aromatic carbocycles. The number of carbonyl (C=O) groups is 2. The van der Waals surface area contributed by atoms with Crippen molar-refractivity contribution < 1.29 is 23.8 Å². The summed E-state index contributed by atoms with van der Waals surface area (Å²) in [4.78, 5) is 25.6. The van der Waals surface area contributed by atoms with Gasteiger partial charge in [-0.1, -0.05) is 13.0 Å². The Morgan fingerprint density at radius 1 is 1.12 bits per heavy atom. The van der Waals surface area contributed by atoms with E-state index in [9.17, 15) is 9.59 Å². The zero-order chi connectivity index (χ0) is 19.1. The monoisotopic (exact) mass is 377 g/mol. The van der Waals surface area contributed by atoms with Crippen molar-refractivity contribution >= 4 is 28.2 Å². The molecule has 2 rings (SSSR count). The highest BCUT2D eigenvalue weighted by Gasteiger charge is 2.19. The molecule has 0 fully saturated rings. The highest BCUT2D eigenvalue weighted by molar-refractivity contribution is 7.16. The zero-order valence-electron chi connectivity index (χ0n) is 15.4. The Kier molecular flexibility index (Phi) is 7.03. The normalized spacial score (nSPS) is 10.3. The molecule has 0 saturated carbocycles. The highest BCUT2D eigenvalue weighted by Crippen LogP contribution is 2.30. The second-order valence-electron chi connectivity index (χ2n) is 5.43. The van der Waals surface area contributed by atoms with Crippen LogP contribution in [0, 0.1) is 0 Å². The predicted octanol–water partition coefficient (Wildman–Crippen LogP) is 3.69. The van der Waals surface area contributed by atoms with Crippen LogP contribution in [0.5, 0.6) is 11.5 Å². The van der Waals surface area contributed by atoms with Gasteiger partial charge in [0.05, 0.1) is 32.8 Å². The molecule has 26 heavy (non-hydrogen) atoms. The van der Waals surface area contributed by atoms with Gasteiger partial charge in [0.1, 0.15) is 16.5 Å². The van der Waals surface area contributed by atoms with Crippen LogP contribution in [0.2, 0.25) is 0 Å². The maximum atomic E-state index is 12.5. The lowest BCUT2D eigenvalue weighted by Crippen LogP contribution is -2.16. The molecule has 1 heterocycles. The summed E-state index contributed by atoms with van der Waals surface area (Å²) in [6, 6.07) is 7.06. The Labute approximate surface area is 157 Å². The SMILES string of the molecule is CCOC(=O)c1cc(CC)sc1NC(=O)Cc1ccc(OC)cc1OC. The molecule has 1 aromatic heterocycles. The van der Waals surface area contributed by atoms with Gasteiger partial charge in [-0.15, -0.1) is 11.3 Å². The first-order valence-electron chi connectivity index (χ1n) is 8.32. The Hall–Kier alpha value is -2.54. The second kappa shape index (κ2) is 9.24. The third-order valence-electron chi connectivity index (χ3n) is 3.73. The lowest BCUT2D eigenvalue weighted by molar-refractivity contribution is -0.115. The van der Waals surface area contributed by atoms with Crippen molar-refractivity contribution in [3.63, 3.8) is 0 Å². The molecule has 0 atom stereocenters. The van der Waals surface area contributed by atoms with Crippen molar-refractivity contribution in [3.05, 3.63) is 40.3 Å². The molecule has 6 nitrogen and oxygen atoms in total. The number of hydrogen-bond donors (Lipinski definition) is 1. The number of hydrogen-bond acceptors (Lipinski definition) is 6. The molecule has 0 spiro atoms. The Balaban J connectivity index is 2.17. The number of thiophene rings is 1. The first kappa shape index (κ1) is 19.8. The van der Waals surface area contributed by atoms with E-state index >= 15 is 0 Å². The largest absolute Gasteiger partial charge is 0.497 e. The van der Waals surface area contributed by atoms with Gasteiger partial charge in [-0.05, 0) is 25.5 Å². The molecular formula is C19H23NO5S. The van der Waals surface area contributed by atoms with E-state index in [-0.39, 0.29) is 18.9 Å². The Morgan fingerprint density at radius 2 is 1.88 bits per heavy atom. The summed E-state index contributed by atoms with van der Waals surface area (Å²) >= 11 is 1.38. The van der Waals surface area contributed by atoms with Gasteiger partial charge in [0.15, 0.2) is 0 Å². The molecule has 0 saturated heterocycles. The minimum absolute atomic E-state index is 0.120. The van der Waals surface area contributed by atoms with Gasteiger partial charge in [0, 0.05) is 16.5 Å². The van der Waals surface area contributed by atoms with Crippen LogP contribution < -0.4 is 14.8 Å². The zero-order valence-corrected chi connectivity index (χ0v) is 16.2. The third kappa shape index (κ3) is 4.76. The molecule has 0 aliphatic rings. The average Bonchev–Trinajstić information content (AvgIpc) is 3.05. The number of rotatable bonds is 8. The number of aryl methyl sites for hydroxylation is 1. The van der Waals surface area contributed by atoms with E-state index in [1.165, 1.54) is 11.3 Å². The molecule has 0 aliphatic heterocycles. The topological polar surface area (TPSA) is 73.9 Å². The van der Waals surface area contributed by atoms with Crippen molar-refractivity contribution in [3.8, 4) is 11.5 Å². The average molecular weight is 377 g/mol. The van der Waals surface area contributed by atoms with Crippen molar-refractivity contribution in [1.29, 1.82) is 0 Å². The first-order valence-corrected chi connectivity index (χ1v) is 9.14. The summed E-state index contributed by atoms with van der Waals surface area (Å²) in [5.74, 6) is 0.566.